The second-order valence-corrected chi connectivity index (χ2v) is 6.98. The summed E-state index contributed by atoms with van der Waals surface area (Å²) in [6.45, 7) is 0. The first-order chi connectivity index (χ1) is 9.63. The molecule has 1 aromatic heterocycles. The van der Waals surface area contributed by atoms with Gasteiger partial charge in [-0.15, -0.1) is 23.1 Å². The molecule has 4 nitrogen and oxygen atoms in total. The molecule has 2 aromatic rings. The molecule has 2 atom stereocenters. The van der Waals surface area contributed by atoms with E-state index in [1.165, 1.54) is 0 Å². The molecule has 2 heterocycles. The van der Waals surface area contributed by atoms with Crippen molar-refractivity contribution in [3.05, 3.63) is 40.5 Å². The van der Waals surface area contributed by atoms with E-state index in [4.69, 9.17) is 16.7 Å². The maximum Gasteiger partial charge on any atom is 0.321 e. The Hall–Kier alpha value is -1.08. The number of carboxylic acids is 1. The molecule has 2 N–H and O–H groups in total. The summed E-state index contributed by atoms with van der Waals surface area (Å²) in [7, 11) is 0. The van der Waals surface area contributed by atoms with Gasteiger partial charge in [0.25, 0.3) is 0 Å². The van der Waals surface area contributed by atoms with Crippen molar-refractivity contribution in [3.63, 3.8) is 0 Å². The number of halogens is 1. The zero-order chi connectivity index (χ0) is 14.1. The quantitative estimate of drug-likeness (QED) is 0.906. The predicted octanol–water partition coefficient (Wildman–Crippen LogP) is 3.25. The minimum absolute atomic E-state index is 0.0472. The maximum atomic E-state index is 10.9. The van der Waals surface area contributed by atoms with Crippen molar-refractivity contribution < 1.29 is 9.90 Å². The molecule has 20 heavy (non-hydrogen) atoms. The fraction of sp³-hybridized carbons (Fsp3) is 0.231. The Morgan fingerprint density at radius 1 is 1.50 bits per heavy atom. The van der Waals surface area contributed by atoms with Gasteiger partial charge in [-0.2, -0.15) is 0 Å². The van der Waals surface area contributed by atoms with Crippen LogP contribution in [0.4, 0.5) is 0 Å². The molecule has 104 valence electrons. The number of rotatable bonds is 3. The summed E-state index contributed by atoms with van der Waals surface area (Å²) in [6.07, 6.45) is 1.81. The maximum absolute atomic E-state index is 10.9. The third kappa shape index (κ3) is 2.83. The summed E-state index contributed by atoms with van der Waals surface area (Å²) in [5.41, 5.74) is 1.03. The molecule has 0 spiro atoms. The van der Waals surface area contributed by atoms with Crippen LogP contribution in [0.5, 0.6) is 0 Å². The van der Waals surface area contributed by atoms with Gasteiger partial charge in [-0.1, -0.05) is 23.7 Å². The van der Waals surface area contributed by atoms with Crippen molar-refractivity contribution in [1.82, 2.24) is 10.3 Å². The van der Waals surface area contributed by atoms with E-state index in [0.29, 0.717) is 10.8 Å². The van der Waals surface area contributed by atoms with E-state index in [0.717, 1.165) is 15.4 Å². The van der Waals surface area contributed by atoms with Gasteiger partial charge in [0.05, 0.1) is 4.88 Å². The van der Waals surface area contributed by atoms with Crippen LogP contribution in [-0.4, -0.2) is 27.9 Å². The van der Waals surface area contributed by atoms with Gasteiger partial charge >= 0.3 is 5.97 Å². The van der Waals surface area contributed by atoms with E-state index in [1.807, 2.05) is 30.5 Å². The summed E-state index contributed by atoms with van der Waals surface area (Å²) in [5, 5.41) is 13.6. The summed E-state index contributed by atoms with van der Waals surface area (Å²) in [4.78, 5) is 16.4. The number of nitrogens with one attached hydrogen (secondary N) is 1. The van der Waals surface area contributed by atoms with Gasteiger partial charge in [0, 0.05) is 17.0 Å². The normalized spacial score (nSPS) is 22.1. The molecule has 0 saturated carbocycles. The molecule has 1 aliphatic heterocycles. The lowest BCUT2D eigenvalue weighted by Crippen LogP contribution is -2.33. The molecule has 0 amide bonds. The molecule has 2 unspecified atom stereocenters. The van der Waals surface area contributed by atoms with Crippen LogP contribution in [0.3, 0.4) is 0 Å². The average Bonchev–Trinajstić information content (AvgIpc) is 3.08. The van der Waals surface area contributed by atoms with Crippen LogP contribution >= 0.6 is 34.7 Å². The number of thioether (sulfide) groups is 1. The fourth-order valence-corrected chi connectivity index (χ4v) is 4.42. The Kier molecular flexibility index (Phi) is 3.98. The molecule has 1 aromatic carbocycles. The number of nitrogens with zero attached hydrogens (tertiary/aromatic N) is 1. The molecule has 7 heteroatoms. The largest absolute Gasteiger partial charge is 0.480 e. The highest BCUT2D eigenvalue weighted by molar-refractivity contribution is 7.99. The lowest BCUT2D eigenvalue weighted by Gasteiger charge is -2.06. The molecular formula is C13H11ClN2O2S2. The van der Waals surface area contributed by atoms with Crippen molar-refractivity contribution >= 4 is 40.7 Å². The van der Waals surface area contributed by atoms with Gasteiger partial charge in [-0.3, -0.25) is 10.1 Å². The van der Waals surface area contributed by atoms with E-state index in [-0.39, 0.29) is 5.37 Å². The third-order valence-corrected chi connectivity index (χ3v) is 5.65. The van der Waals surface area contributed by atoms with Crippen LogP contribution in [0.2, 0.25) is 5.02 Å². The van der Waals surface area contributed by atoms with Gasteiger partial charge < -0.3 is 5.11 Å². The van der Waals surface area contributed by atoms with Crippen LogP contribution in [-0.2, 0) is 4.79 Å². The van der Waals surface area contributed by atoms with E-state index >= 15 is 0 Å². The molecule has 1 aliphatic rings. The van der Waals surface area contributed by atoms with E-state index in [9.17, 15) is 4.79 Å². The number of hydrogen-bond acceptors (Lipinski definition) is 5. The van der Waals surface area contributed by atoms with Crippen LogP contribution < -0.4 is 5.32 Å². The van der Waals surface area contributed by atoms with Gasteiger partial charge in [0.15, 0.2) is 0 Å². The van der Waals surface area contributed by atoms with Crippen LogP contribution in [0.15, 0.2) is 30.5 Å². The Morgan fingerprint density at radius 3 is 3.05 bits per heavy atom. The zero-order valence-corrected chi connectivity index (χ0v) is 12.6. The number of thiazole rings is 1. The van der Waals surface area contributed by atoms with E-state index < -0.39 is 12.0 Å². The summed E-state index contributed by atoms with van der Waals surface area (Å²) < 4.78 is 0. The monoisotopic (exact) mass is 326 g/mol. The highest BCUT2D eigenvalue weighted by atomic mass is 35.5. The molecule has 0 bridgehead atoms. The number of aromatic nitrogens is 1. The Bertz CT molecular complexity index is 647. The topological polar surface area (TPSA) is 62.2 Å². The van der Waals surface area contributed by atoms with Gasteiger partial charge in [-0.25, -0.2) is 4.98 Å². The molecule has 0 radical (unpaired) electrons. The lowest BCUT2D eigenvalue weighted by molar-refractivity contribution is -0.138. The van der Waals surface area contributed by atoms with Gasteiger partial charge in [0.2, 0.25) is 0 Å². The minimum Gasteiger partial charge on any atom is -0.480 e. The molecular weight excluding hydrogens is 316 g/mol. The molecule has 1 fully saturated rings. The van der Waals surface area contributed by atoms with Crippen molar-refractivity contribution in [2.24, 2.45) is 0 Å². The van der Waals surface area contributed by atoms with Gasteiger partial charge in [-0.05, 0) is 17.7 Å². The van der Waals surface area contributed by atoms with Crippen molar-refractivity contribution in [2.75, 3.05) is 5.75 Å². The standard InChI is InChI=1S/C13H11ClN2O2S2/c14-8-3-1-2-7(4-8)10-5-15-11(20-10)12-16-9(6-19-12)13(17)18/h1-5,9,12,16H,6H2,(H,17,18). The highest BCUT2D eigenvalue weighted by Crippen LogP contribution is 2.37. The number of benzene rings is 1. The first kappa shape index (κ1) is 13.9. The summed E-state index contributed by atoms with van der Waals surface area (Å²) in [6, 6.07) is 7.12. The highest BCUT2D eigenvalue weighted by Gasteiger charge is 2.31. The Morgan fingerprint density at radius 2 is 2.35 bits per heavy atom. The van der Waals surface area contributed by atoms with Crippen LogP contribution in [0, 0.1) is 0 Å². The average molecular weight is 327 g/mol. The second-order valence-electron chi connectivity index (χ2n) is 4.34. The molecule has 3 rings (SSSR count). The predicted molar refractivity (Wildman–Crippen MR) is 82.3 cm³/mol. The summed E-state index contributed by atoms with van der Waals surface area (Å²) in [5.74, 6) is -0.252. The van der Waals surface area contributed by atoms with Crippen molar-refractivity contribution in [3.8, 4) is 10.4 Å². The molecule has 1 saturated heterocycles. The Balaban J connectivity index is 1.79. The number of aliphatic carboxylic acids is 1. The number of carboxylic acid groups (broad SMARTS) is 1. The fourth-order valence-electron chi connectivity index (χ4n) is 1.94. The van der Waals surface area contributed by atoms with Crippen LogP contribution in [0.25, 0.3) is 10.4 Å². The van der Waals surface area contributed by atoms with Crippen molar-refractivity contribution in [2.45, 2.75) is 11.4 Å². The Labute approximate surface area is 129 Å². The smallest absolute Gasteiger partial charge is 0.321 e. The summed E-state index contributed by atoms with van der Waals surface area (Å²) >= 11 is 9.12. The SMILES string of the molecule is O=C(O)C1CSC(c2ncc(-c3cccc(Cl)c3)s2)N1. The second kappa shape index (κ2) is 5.73. The third-order valence-electron chi connectivity index (χ3n) is 2.94. The number of hydrogen-bond donors (Lipinski definition) is 2. The molecule has 0 aliphatic carbocycles. The van der Waals surface area contributed by atoms with E-state index in [2.05, 4.69) is 10.3 Å². The zero-order valence-electron chi connectivity index (χ0n) is 10.2. The van der Waals surface area contributed by atoms with Crippen molar-refractivity contribution in [1.29, 1.82) is 0 Å². The first-order valence-corrected chi connectivity index (χ1v) is 8.20. The van der Waals surface area contributed by atoms with Crippen LogP contribution in [0.1, 0.15) is 10.4 Å². The number of carbonyl (C=O) groups is 1. The first-order valence-electron chi connectivity index (χ1n) is 5.95. The van der Waals surface area contributed by atoms with E-state index in [1.54, 1.807) is 23.1 Å². The lowest BCUT2D eigenvalue weighted by atomic mass is 10.2. The van der Waals surface area contributed by atoms with Gasteiger partial charge in [0.1, 0.15) is 16.4 Å². The minimum atomic E-state index is -0.813.